The lowest BCUT2D eigenvalue weighted by Gasteiger charge is -2.28. The van der Waals surface area contributed by atoms with Gasteiger partial charge in [0.05, 0.1) is 0 Å². The molecule has 4 rings (SSSR count). The van der Waals surface area contributed by atoms with Crippen LogP contribution >= 0.6 is 0 Å². The Labute approximate surface area is 193 Å². The molecule has 0 aromatic heterocycles. The largest absolute Gasteiger partial charge is 0.310 e. The van der Waals surface area contributed by atoms with Crippen LogP contribution in [0.25, 0.3) is 10.8 Å². The molecule has 1 heteroatoms. The number of aryl methyl sites for hydroxylation is 1. The van der Waals surface area contributed by atoms with Crippen LogP contribution in [0.5, 0.6) is 0 Å². The monoisotopic (exact) mass is 421 g/mol. The van der Waals surface area contributed by atoms with Crippen molar-refractivity contribution in [3.8, 4) is 0 Å². The first-order valence-electron chi connectivity index (χ1n) is 11.5. The molecule has 0 N–H and O–H groups in total. The predicted molar refractivity (Wildman–Crippen MR) is 141 cm³/mol. The molecular weight excluding hydrogens is 386 g/mol. The van der Waals surface area contributed by atoms with E-state index in [1.165, 1.54) is 44.5 Å². The number of hydrogen-bond donors (Lipinski definition) is 0. The Morgan fingerprint density at radius 1 is 0.469 bits per heavy atom. The van der Waals surface area contributed by atoms with Gasteiger partial charge in [-0.1, -0.05) is 95.6 Å². The van der Waals surface area contributed by atoms with E-state index in [4.69, 9.17) is 0 Å². The minimum absolute atomic E-state index is 0.137. The van der Waals surface area contributed by atoms with Crippen LogP contribution in [-0.4, -0.2) is 0 Å². The van der Waals surface area contributed by atoms with Crippen LogP contribution in [0, 0.1) is 6.92 Å². The molecule has 4 aromatic rings. The van der Waals surface area contributed by atoms with Gasteiger partial charge in [0.2, 0.25) is 0 Å². The maximum Gasteiger partial charge on any atom is 0.0468 e. The third-order valence-corrected chi connectivity index (χ3v) is 6.22. The third-order valence-electron chi connectivity index (χ3n) is 6.22. The second-order valence-electron chi connectivity index (χ2n) is 11.0. The van der Waals surface area contributed by atoms with Crippen molar-refractivity contribution in [2.24, 2.45) is 0 Å². The van der Waals surface area contributed by atoms with E-state index < -0.39 is 0 Å². The highest BCUT2D eigenvalue weighted by Gasteiger charge is 2.18. The van der Waals surface area contributed by atoms with Crippen LogP contribution in [0.1, 0.15) is 58.2 Å². The van der Waals surface area contributed by atoms with Crippen molar-refractivity contribution in [1.82, 2.24) is 0 Å². The van der Waals surface area contributed by atoms with E-state index >= 15 is 0 Å². The number of rotatable bonds is 3. The summed E-state index contributed by atoms with van der Waals surface area (Å²) in [5.74, 6) is 0. The first-order chi connectivity index (χ1) is 15.0. The van der Waals surface area contributed by atoms with Crippen molar-refractivity contribution in [3.05, 3.63) is 102 Å². The van der Waals surface area contributed by atoms with Gasteiger partial charge in [0.1, 0.15) is 0 Å². The molecule has 1 nitrogen and oxygen atoms in total. The van der Waals surface area contributed by atoms with Gasteiger partial charge in [-0.05, 0) is 76.1 Å². The Morgan fingerprint density at radius 2 is 0.875 bits per heavy atom. The Bertz CT molecular complexity index is 1160. The molecule has 0 aliphatic rings. The molecule has 0 atom stereocenters. The van der Waals surface area contributed by atoms with Crippen molar-refractivity contribution in [1.29, 1.82) is 0 Å². The molecule has 4 aromatic carbocycles. The number of hydrogen-bond acceptors (Lipinski definition) is 1. The van der Waals surface area contributed by atoms with Gasteiger partial charge in [-0.2, -0.15) is 0 Å². The fourth-order valence-electron chi connectivity index (χ4n) is 4.16. The molecule has 0 amide bonds. The van der Waals surface area contributed by atoms with Gasteiger partial charge in [-0.25, -0.2) is 0 Å². The highest BCUT2D eigenvalue weighted by atomic mass is 15.1. The molecule has 0 saturated carbocycles. The summed E-state index contributed by atoms with van der Waals surface area (Å²) in [6.45, 7) is 15.7. The van der Waals surface area contributed by atoms with E-state index in [2.05, 4.69) is 138 Å². The summed E-state index contributed by atoms with van der Waals surface area (Å²) in [4.78, 5) is 2.36. The van der Waals surface area contributed by atoms with Crippen LogP contribution in [0.4, 0.5) is 17.1 Å². The quantitative estimate of drug-likeness (QED) is 0.318. The summed E-state index contributed by atoms with van der Waals surface area (Å²) >= 11 is 0. The molecule has 164 valence electrons. The summed E-state index contributed by atoms with van der Waals surface area (Å²) in [7, 11) is 0. The van der Waals surface area contributed by atoms with Gasteiger partial charge in [0, 0.05) is 17.1 Å². The Balaban J connectivity index is 1.84. The van der Waals surface area contributed by atoms with Crippen LogP contribution in [0.3, 0.4) is 0 Å². The summed E-state index contributed by atoms with van der Waals surface area (Å²) in [6, 6.07) is 31.5. The van der Waals surface area contributed by atoms with E-state index in [9.17, 15) is 0 Å². The maximum atomic E-state index is 2.36. The van der Waals surface area contributed by atoms with Gasteiger partial charge in [-0.15, -0.1) is 0 Å². The zero-order chi connectivity index (χ0) is 23.1. The number of fused-ring (bicyclic) bond motifs is 1. The minimum atomic E-state index is 0.137. The average molecular weight is 422 g/mol. The summed E-state index contributed by atoms with van der Waals surface area (Å²) in [5.41, 5.74) is 7.78. The first kappa shape index (κ1) is 22.1. The fourth-order valence-corrected chi connectivity index (χ4v) is 4.16. The lowest BCUT2D eigenvalue weighted by molar-refractivity contribution is 0.590. The Morgan fingerprint density at radius 3 is 1.34 bits per heavy atom. The van der Waals surface area contributed by atoms with Crippen LogP contribution < -0.4 is 4.90 Å². The summed E-state index contributed by atoms with van der Waals surface area (Å²) < 4.78 is 0. The second-order valence-corrected chi connectivity index (χ2v) is 11.0. The molecule has 0 fully saturated rings. The zero-order valence-electron chi connectivity index (χ0n) is 20.5. The molecule has 0 unspecified atom stereocenters. The Hall–Kier alpha value is -3.06. The van der Waals surface area contributed by atoms with Crippen molar-refractivity contribution in [2.75, 3.05) is 4.90 Å². The SMILES string of the molecule is Cc1ccc2cc(N(c3ccc(C(C)(C)C)cc3)c3ccc(C(C)(C)C)cc3)ccc2c1. The van der Waals surface area contributed by atoms with Gasteiger partial charge in [0.15, 0.2) is 0 Å². The molecule has 32 heavy (non-hydrogen) atoms. The summed E-state index contributed by atoms with van der Waals surface area (Å²) in [6.07, 6.45) is 0. The molecule has 0 radical (unpaired) electrons. The molecule has 0 bridgehead atoms. The molecule has 0 aliphatic carbocycles. The molecule has 0 spiro atoms. The van der Waals surface area contributed by atoms with Gasteiger partial charge in [0.25, 0.3) is 0 Å². The lowest BCUT2D eigenvalue weighted by Crippen LogP contribution is -2.14. The van der Waals surface area contributed by atoms with Gasteiger partial charge in [-0.3, -0.25) is 0 Å². The van der Waals surface area contributed by atoms with E-state index in [1.807, 2.05) is 0 Å². The van der Waals surface area contributed by atoms with Crippen LogP contribution in [0.15, 0.2) is 84.9 Å². The number of nitrogens with zero attached hydrogens (tertiary/aromatic N) is 1. The number of anilines is 3. The zero-order valence-corrected chi connectivity index (χ0v) is 20.5. The van der Waals surface area contributed by atoms with Crippen LogP contribution in [0.2, 0.25) is 0 Å². The van der Waals surface area contributed by atoms with Crippen molar-refractivity contribution in [2.45, 2.75) is 59.3 Å². The van der Waals surface area contributed by atoms with Crippen molar-refractivity contribution < 1.29 is 0 Å². The molecule has 0 heterocycles. The Kier molecular flexibility index (Phi) is 5.63. The van der Waals surface area contributed by atoms with Gasteiger partial charge < -0.3 is 4.90 Å². The summed E-state index contributed by atoms with van der Waals surface area (Å²) in [5, 5.41) is 2.54. The molecule has 0 aliphatic heterocycles. The second kappa shape index (κ2) is 8.13. The highest BCUT2D eigenvalue weighted by molar-refractivity contribution is 5.89. The standard InChI is InChI=1S/C31H35N/c1-22-8-9-24-21-29(15-10-23(24)20-22)32(27-16-11-25(12-17-27)30(2,3)4)28-18-13-26(14-19-28)31(5,6)7/h8-21H,1-7H3. The molecule has 0 saturated heterocycles. The number of benzene rings is 4. The predicted octanol–water partition coefficient (Wildman–Crippen LogP) is 9.21. The highest BCUT2D eigenvalue weighted by Crippen LogP contribution is 2.38. The van der Waals surface area contributed by atoms with E-state index in [0.717, 1.165) is 0 Å². The van der Waals surface area contributed by atoms with E-state index in [1.54, 1.807) is 0 Å². The minimum Gasteiger partial charge on any atom is -0.310 e. The third kappa shape index (κ3) is 4.58. The maximum absolute atomic E-state index is 2.36. The topological polar surface area (TPSA) is 3.24 Å². The average Bonchev–Trinajstić information content (AvgIpc) is 2.73. The first-order valence-corrected chi connectivity index (χ1v) is 11.5. The fraction of sp³-hybridized carbons (Fsp3) is 0.290. The van der Waals surface area contributed by atoms with Gasteiger partial charge >= 0.3 is 0 Å². The van der Waals surface area contributed by atoms with Crippen molar-refractivity contribution >= 4 is 27.8 Å². The van der Waals surface area contributed by atoms with E-state index in [-0.39, 0.29) is 10.8 Å². The lowest BCUT2D eigenvalue weighted by atomic mass is 9.86. The molecular formula is C31H35N. The van der Waals surface area contributed by atoms with Crippen molar-refractivity contribution in [3.63, 3.8) is 0 Å². The van der Waals surface area contributed by atoms with Crippen LogP contribution in [-0.2, 0) is 10.8 Å². The smallest absolute Gasteiger partial charge is 0.0468 e. The van der Waals surface area contributed by atoms with E-state index in [0.29, 0.717) is 0 Å². The normalized spacial score (nSPS) is 12.2.